The minimum absolute atomic E-state index is 0.116. The number of likely N-dealkylation sites (tertiary alicyclic amines) is 1. The van der Waals surface area contributed by atoms with Crippen molar-refractivity contribution in [2.75, 3.05) is 13.1 Å². The summed E-state index contributed by atoms with van der Waals surface area (Å²) in [5, 5.41) is 11.9. The largest absolute Gasteiger partial charge is 0.488 e. The van der Waals surface area contributed by atoms with Crippen molar-refractivity contribution in [3.8, 4) is 5.75 Å². The molecule has 3 aromatic rings. The fourth-order valence-corrected chi connectivity index (χ4v) is 5.20. The number of aromatic nitrogens is 2. The lowest BCUT2D eigenvalue weighted by molar-refractivity contribution is -0.129. The Labute approximate surface area is 182 Å². The van der Waals surface area contributed by atoms with E-state index in [9.17, 15) is 9.90 Å². The van der Waals surface area contributed by atoms with E-state index in [0.29, 0.717) is 24.7 Å². The van der Waals surface area contributed by atoms with Gasteiger partial charge in [0.05, 0.1) is 12.5 Å². The summed E-state index contributed by atoms with van der Waals surface area (Å²) >= 11 is 0. The van der Waals surface area contributed by atoms with E-state index in [2.05, 4.69) is 41.7 Å². The Hall–Kier alpha value is -2.86. The van der Waals surface area contributed by atoms with Crippen LogP contribution in [0.4, 0.5) is 0 Å². The molecule has 0 spiro atoms. The molecule has 6 nitrogen and oxygen atoms in total. The van der Waals surface area contributed by atoms with Crippen LogP contribution in [0.25, 0.3) is 10.9 Å². The van der Waals surface area contributed by atoms with E-state index in [1.54, 1.807) is 6.20 Å². The molecule has 4 atom stereocenters. The number of carbonyl (C=O) groups excluding carboxylic acids is 1. The lowest BCUT2D eigenvalue weighted by Crippen LogP contribution is -2.42. The van der Waals surface area contributed by atoms with Gasteiger partial charge in [-0.3, -0.25) is 9.78 Å². The van der Waals surface area contributed by atoms with Gasteiger partial charge in [0.25, 0.3) is 0 Å². The summed E-state index contributed by atoms with van der Waals surface area (Å²) in [5.41, 5.74) is 3.18. The fourth-order valence-electron chi connectivity index (χ4n) is 5.20. The highest BCUT2D eigenvalue weighted by Crippen LogP contribution is 2.38. The van der Waals surface area contributed by atoms with Crippen LogP contribution in [-0.4, -0.2) is 50.8 Å². The third kappa shape index (κ3) is 3.92. The van der Waals surface area contributed by atoms with Gasteiger partial charge in [0.15, 0.2) is 0 Å². The first kappa shape index (κ1) is 20.1. The second-order valence-corrected chi connectivity index (χ2v) is 9.08. The lowest BCUT2D eigenvalue weighted by atomic mass is 9.78. The SMILES string of the molecule is Cc1cc2cc(O[C@@H]3C[C@@H]4CN(C(=O)Cc5ccccn5)C[C@@H]4C[C@H]3O)ccc2n1C. The van der Waals surface area contributed by atoms with Crippen molar-refractivity contribution >= 4 is 16.8 Å². The number of amides is 1. The van der Waals surface area contributed by atoms with Crippen LogP contribution in [0.15, 0.2) is 48.7 Å². The van der Waals surface area contributed by atoms with Gasteiger partial charge in [-0.2, -0.15) is 0 Å². The second kappa shape index (κ2) is 8.00. The van der Waals surface area contributed by atoms with Crippen LogP contribution >= 0.6 is 0 Å². The normalized spacial score (nSPS) is 25.6. The first-order chi connectivity index (χ1) is 15.0. The third-order valence-corrected chi connectivity index (χ3v) is 7.04. The van der Waals surface area contributed by atoms with Crippen LogP contribution in [0.1, 0.15) is 24.2 Å². The van der Waals surface area contributed by atoms with Crippen molar-refractivity contribution in [1.82, 2.24) is 14.5 Å². The van der Waals surface area contributed by atoms with Crippen molar-refractivity contribution in [2.24, 2.45) is 18.9 Å². The van der Waals surface area contributed by atoms with Crippen LogP contribution in [0.2, 0.25) is 0 Å². The van der Waals surface area contributed by atoms with Gasteiger partial charge in [-0.25, -0.2) is 0 Å². The average Bonchev–Trinajstić information content (AvgIpc) is 3.29. The fraction of sp³-hybridized carbons (Fsp3) is 0.440. The van der Waals surface area contributed by atoms with Crippen LogP contribution in [-0.2, 0) is 18.3 Å². The highest BCUT2D eigenvalue weighted by molar-refractivity contribution is 5.82. The number of carbonyl (C=O) groups is 1. The van der Waals surface area contributed by atoms with E-state index in [-0.39, 0.29) is 12.0 Å². The van der Waals surface area contributed by atoms with Gasteiger partial charge in [-0.1, -0.05) is 6.07 Å². The molecule has 6 heteroatoms. The molecule has 1 saturated carbocycles. The number of aryl methyl sites for hydroxylation is 2. The zero-order valence-corrected chi connectivity index (χ0v) is 18.1. The van der Waals surface area contributed by atoms with Crippen molar-refractivity contribution < 1.29 is 14.6 Å². The van der Waals surface area contributed by atoms with E-state index >= 15 is 0 Å². The van der Waals surface area contributed by atoms with Crippen LogP contribution in [0.3, 0.4) is 0 Å². The van der Waals surface area contributed by atoms with Crippen LogP contribution in [0, 0.1) is 18.8 Å². The predicted molar refractivity (Wildman–Crippen MR) is 119 cm³/mol. The van der Waals surface area contributed by atoms with E-state index in [1.165, 1.54) is 11.2 Å². The van der Waals surface area contributed by atoms with Gasteiger partial charge in [0.2, 0.25) is 5.91 Å². The highest BCUT2D eigenvalue weighted by atomic mass is 16.5. The summed E-state index contributed by atoms with van der Waals surface area (Å²) < 4.78 is 8.41. The lowest BCUT2D eigenvalue weighted by Gasteiger charge is -2.35. The maximum Gasteiger partial charge on any atom is 0.228 e. The molecule has 1 amide bonds. The summed E-state index contributed by atoms with van der Waals surface area (Å²) in [7, 11) is 2.06. The monoisotopic (exact) mass is 419 g/mol. The maximum atomic E-state index is 12.8. The molecule has 2 aliphatic rings. The van der Waals surface area contributed by atoms with Crippen molar-refractivity contribution in [2.45, 2.75) is 38.4 Å². The molecular weight excluding hydrogens is 390 g/mol. The predicted octanol–water partition coefficient (Wildman–Crippen LogP) is 3.10. The molecule has 162 valence electrons. The number of aliphatic hydroxyl groups is 1. The van der Waals surface area contributed by atoms with Crippen molar-refractivity contribution in [3.63, 3.8) is 0 Å². The van der Waals surface area contributed by atoms with E-state index < -0.39 is 6.10 Å². The number of nitrogens with zero attached hydrogens (tertiary/aromatic N) is 3. The minimum atomic E-state index is -0.514. The molecule has 3 heterocycles. The first-order valence-corrected chi connectivity index (χ1v) is 11.1. The number of rotatable bonds is 4. The number of benzene rings is 1. The molecule has 1 aliphatic carbocycles. The van der Waals surface area contributed by atoms with E-state index in [1.807, 2.05) is 29.2 Å². The Morgan fingerprint density at radius 2 is 1.97 bits per heavy atom. The minimum Gasteiger partial charge on any atom is -0.488 e. The number of aliphatic hydroxyl groups excluding tert-OH is 1. The molecule has 31 heavy (non-hydrogen) atoms. The summed E-state index contributed by atoms with van der Waals surface area (Å²) in [6.45, 7) is 3.54. The molecule has 0 bridgehead atoms. The quantitative estimate of drug-likeness (QED) is 0.706. The number of pyridine rings is 1. The van der Waals surface area contributed by atoms with Gasteiger partial charge in [0.1, 0.15) is 11.9 Å². The standard InChI is InChI=1S/C25H29N3O3/c1-16-9-17-10-21(6-7-22(17)27(16)2)31-24-12-19-15-28(14-18(19)11-23(24)29)25(30)13-20-5-3-4-8-26-20/h3-10,18-19,23-24,29H,11-15H2,1-2H3/t18-,19+,23+,24+/m0/s1. The van der Waals surface area contributed by atoms with Crippen LogP contribution < -0.4 is 4.74 Å². The molecule has 0 unspecified atom stereocenters. The van der Waals surface area contributed by atoms with Gasteiger partial charge in [-0.15, -0.1) is 0 Å². The summed E-state index contributed by atoms with van der Waals surface area (Å²) in [5.74, 6) is 1.61. The van der Waals surface area contributed by atoms with E-state index in [4.69, 9.17) is 4.74 Å². The number of hydrogen-bond acceptors (Lipinski definition) is 4. The maximum absolute atomic E-state index is 12.8. The molecule has 0 radical (unpaired) electrons. The molecule has 2 fully saturated rings. The van der Waals surface area contributed by atoms with Crippen molar-refractivity contribution in [3.05, 3.63) is 60.0 Å². The summed E-state index contributed by atoms with van der Waals surface area (Å²) in [6.07, 6.45) is 2.74. The topological polar surface area (TPSA) is 67.6 Å². The molecule has 2 aromatic heterocycles. The Morgan fingerprint density at radius 1 is 1.16 bits per heavy atom. The second-order valence-electron chi connectivity index (χ2n) is 9.08. The summed E-state index contributed by atoms with van der Waals surface area (Å²) in [6, 6.07) is 13.9. The smallest absolute Gasteiger partial charge is 0.228 e. The van der Waals surface area contributed by atoms with Gasteiger partial charge >= 0.3 is 0 Å². The molecule has 1 aliphatic heterocycles. The Balaban J connectivity index is 1.24. The van der Waals surface area contributed by atoms with Crippen molar-refractivity contribution in [1.29, 1.82) is 0 Å². The van der Waals surface area contributed by atoms with Gasteiger partial charge < -0.3 is 19.3 Å². The van der Waals surface area contributed by atoms with Gasteiger partial charge in [0, 0.05) is 48.6 Å². The molecular formula is C25H29N3O3. The zero-order valence-electron chi connectivity index (χ0n) is 18.1. The number of fused-ring (bicyclic) bond motifs is 2. The molecule has 1 aromatic carbocycles. The Morgan fingerprint density at radius 3 is 2.74 bits per heavy atom. The zero-order chi connectivity index (χ0) is 21.5. The molecule has 5 rings (SSSR count). The number of hydrogen-bond donors (Lipinski definition) is 1. The van der Waals surface area contributed by atoms with E-state index in [0.717, 1.165) is 36.3 Å². The highest BCUT2D eigenvalue weighted by Gasteiger charge is 2.43. The first-order valence-electron chi connectivity index (χ1n) is 11.1. The van der Waals surface area contributed by atoms with Crippen LogP contribution in [0.5, 0.6) is 5.75 Å². The molecule has 1 N–H and O–H groups in total. The Bertz CT molecular complexity index is 1090. The molecule has 1 saturated heterocycles. The third-order valence-electron chi connectivity index (χ3n) is 7.04. The average molecular weight is 420 g/mol. The van der Waals surface area contributed by atoms with Gasteiger partial charge in [-0.05, 0) is 68.0 Å². The summed E-state index contributed by atoms with van der Waals surface area (Å²) in [4.78, 5) is 19.0. The number of ether oxygens (including phenoxy) is 1. The Kier molecular flexibility index (Phi) is 5.18.